The Morgan fingerprint density at radius 2 is 1.70 bits per heavy atom. The zero-order valence-corrected chi connectivity index (χ0v) is 14.0. The van der Waals surface area contributed by atoms with Gasteiger partial charge in [-0.05, 0) is 26.2 Å². The summed E-state index contributed by atoms with van der Waals surface area (Å²) in [4.78, 5) is 14.7. The van der Waals surface area contributed by atoms with E-state index in [1.165, 1.54) is 32.1 Å². The molecule has 0 saturated carbocycles. The third-order valence-corrected chi connectivity index (χ3v) is 4.62. The summed E-state index contributed by atoms with van der Waals surface area (Å²) in [6.45, 7) is 9.52. The minimum atomic E-state index is -0.331. The lowest BCUT2D eigenvalue weighted by atomic mass is 9.99. The predicted molar refractivity (Wildman–Crippen MR) is 85.6 cm³/mol. The number of unbranched alkanes of at least 4 members (excludes halogenated alkanes) is 5. The van der Waals surface area contributed by atoms with Gasteiger partial charge in [0.1, 0.15) is 0 Å². The Bertz CT molecular complexity index is 293. The number of hydrogen-bond donors (Lipinski definition) is 1. The molecule has 1 heterocycles. The van der Waals surface area contributed by atoms with E-state index in [2.05, 4.69) is 37.9 Å². The molecule has 2 atom stereocenters. The smallest absolute Gasteiger partial charge is 0.243 e. The Morgan fingerprint density at radius 1 is 1.05 bits per heavy atom. The largest absolute Gasteiger partial charge is 0.326 e. The van der Waals surface area contributed by atoms with E-state index in [-0.39, 0.29) is 11.7 Å². The summed E-state index contributed by atoms with van der Waals surface area (Å²) in [5.74, 6) is 0.312. The molecule has 0 spiro atoms. The summed E-state index contributed by atoms with van der Waals surface area (Å²) in [5.41, 5.74) is -0.331. The van der Waals surface area contributed by atoms with Gasteiger partial charge in [0.15, 0.2) is 0 Å². The molecule has 1 N–H and O–H groups in total. The van der Waals surface area contributed by atoms with E-state index in [1.54, 1.807) is 0 Å². The topological polar surface area (TPSA) is 32.3 Å². The van der Waals surface area contributed by atoms with Crippen LogP contribution in [0.1, 0.15) is 85.5 Å². The molecule has 1 saturated heterocycles. The summed E-state index contributed by atoms with van der Waals surface area (Å²) in [6.07, 6.45) is 11.0. The van der Waals surface area contributed by atoms with E-state index in [0.717, 1.165) is 32.2 Å². The Morgan fingerprint density at radius 3 is 2.30 bits per heavy atom. The highest BCUT2D eigenvalue weighted by Crippen LogP contribution is 2.26. The van der Waals surface area contributed by atoms with Crippen LogP contribution in [0.4, 0.5) is 0 Å². The maximum atomic E-state index is 12.6. The van der Waals surface area contributed by atoms with Crippen LogP contribution >= 0.6 is 0 Å². The van der Waals surface area contributed by atoms with Crippen molar-refractivity contribution in [1.82, 2.24) is 10.2 Å². The van der Waals surface area contributed by atoms with E-state index in [1.807, 2.05) is 0 Å². The number of nitrogens with zero attached hydrogens (tertiary/aromatic N) is 1. The van der Waals surface area contributed by atoms with Crippen molar-refractivity contribution in [2.24, 2.45) is 0 Å². The fourth-order valence-corrected chi connectivity index (χ4v) is 3.04. The van der Waals surface area contributed by atoms with Gasteiger partial charge in [-0.15, -0.1) is 0 Å². The van der Waals surface area contributed by atoms with Crippen molar-refractivity contribution in [3.63, 3.8) is 0 Å². The van der Waals surface area contributed by atoms with Gasteiger partial charge in [0.05, 0.1) is 11.7 Å². The number of amides is 1. The van der Waals surface area contributed by atoms with Gasteiger partial charge in [-0.3, -0.25) is 10.1 Å². The predicted octanol–water partition coefficient (Wildman–Crippen LogP) is 4.07. The van der Waals surface area contributed by atoms with Crippen LogP contribution in [-0.2, 0) is 4.79 Å². The van der Waals surface area contributed by atoms with Gasteiger partial charge < -0.3 is 4.90 Å². The van der Waals surface area contributed by atoms with Crippen LogP contribution in [0.15, 0.2) is 0 Å². The molecule has 0 radical (unpaired) electrons. The molecule has 118 valence electrons. The molecule has 1 rings (SSSR count). The molecular formula is C17H34N2O. The van der Waals surface area contributed by atoms with Crippen molar-refractivity contribution in [3.8, 4) is 0 Å². The van der Waals surface area contributed by atoms with Crippen molar-refractivity contribution in [2.45, 2.75) is 97.2 Å². The van der Waals surface area contributed by atoms with E-state index in [0.29, 0.717) is 5.91 Å². The number of carbonyl (C=O) groups is 1. The Kier molecular flexibility index (Phi) is 7.57. The van der Waals surface area contributed by atoms with Gasteiger partial charge in [-0.2, -0.15) is 0 Å². The molecule has 1 aliphatic rings. The molecule has 0 aromatic rings. The summed E-state index contributed by atoms with van der Waals surface area (Å²) >= 11 is 0. The lowest BCUT2D eigenvalue weighted by Gasteiger charge is -2.23. The molecule has 0 aromatic carbocycles. The monoisotopic (exact) mass is 282 g/mol. The summed E-state index contributed by atoms with van der Waals surface area (Å²) < 4.78 is 0. The van der Waals surface area contributed by atoms with Crippen LogP contribution in [0, 0.1) is 0 Å². The molecule has 1 amide bonds. The molecule has 1 fully saturated rings. The number of carbonyl (C=O) groups excluding carboxylic acids is 1. The number of rotatable bonds is 10. The number of hydrogen-bond acceptors (Lipinski definition) is 2. The molecule has 0 aromatic heterocycles. The molecular weight excluding hydrogens is 248 g/mol. The number of nitrogens with one attached hydrogen (secondary N) is 1. The molecule has 2 unspecified atom stereocenters. The molecule has 1 aliphatic heterocycles. The first-order valence-corrected chi connectivity index (χ1v) is 8.67. The van der Waals surface area contributed by atoms with Crippen LogP contribution in [0.5, 0.6) is 0 Å². The Balaban J connectivity index is 2.42. The van der Waals surface area contributed by atoms with Crippen LogP contribution in [0.3, 0.4) is 0 Å². The lowest BCUT2D eigenvalue weighted by Crippen LogP contribution is -2.43. The molecule has 20 heavy (non-hydrogen) atoms. The van der Waals surface area contributed by atoms with E-state index in [9.17, 15) is 4.79 Å². The highest BCUT2D eigenvalue weighted by Gasteiger charge is 2.45. The van der Waals surface area contributed by atoms with E-state index < -0.39 is 0 Å². The van der Waals surface area contributed by atoms with Gasteiger partial charge >= 0.3 is 0 Å². The first-order valence-electron chi connectivity index (χ1n) is 8.67. The fraction of sp³-hybridized carbons (Fsp3) is 0.941. The van der Waals surface area contributed by atoms with Crippen LogP contribution < -0.4 is 5.32 Å². The summed E-state index contributed by atoms with van der Waals surface area (Å²) in [5, 5.41) is 3.56. The molecule has 0 bridgehead atoms. The quantitative estimate of drug-likeness (QED) is 0.612. The first-order chi connectivity index (χ1) is 9.59. The van der Waals surface area contributed by atoms with Gasteiger partial charge in [0.2, 0.25) is 5.91 Å². The normalized spacial score (nSPS) is 26.5. The zero-order valence-electron chi connectivity index (χ0n) is 14.0. The fourth-order valence-electron chi connectivity index (χ4n) is 3.04. The molecule has 3 heteroatoms. The van der Waals surface area contributed by atoms with Gasteiger partial charge in [-0.25, -0.2) is 0 Å². The summed E-state index contributed by atoms with van der Waals surface area (Å²) in [6, 6.07) is 0. The second-order valence-corrected chi connectivity index (χ2v) is 6.40. The van der Waals surface area contributed by atoms with E-state index >= 15 is 0 Å². The second-order valence-electron chi connectivity index (χ2n) is 6.40. The van der Waals surface area contributed by atoms with Crippen LogP contribution in [0.2, 0.25) is 0 Å². The summed E-state index contributed by atoms with van der Waals surface area (Å²) in [7, 11) is 0. The van der Waals surface area contributed by atoms with Crippen molar-refractivity contribution >= 4 is 5.91 Å². The highest BCUT2D eigenvalue weighted by molar-refractivity contribution is 5.88. The van der Waals surface area contributed by atoms with Crippen molar-refractivity contribution in [3.05, 3.63) is 0 Å². The molecule has 3 nitrogen and oxygen atoms in total. The highest BCUT2D eigenvalue weighted by atomic mass is 16.2. The van der Waals surface area contributed by atoms with Gasteiger partial charge in [-0.1, -0.05) is 59.3 Å². The Labute approximate surface area is 125 Å². The zero-order chi connectivity index (χ0) is 15.0. The second kappa shape index (κ2) is 8.66. The Hall–Kier alpha value is -0.570. The van der Waals surface area contributed by atoms with Gasteiger partial charge in [0.25, 0.3) is 0 Å². The lowest BCUT2D eigenvalue weighted by molar-refractivity contribution is -0.133. The minimum Gasteiger partial charge on any atom is -0.326 e. The van der Waals surface area contributed by atoms with Crippen LogP contribution in [-0.4, -0.2) is 29.1 Å². The van der Waals surface area contributed by atoms with Crippen molar-refractivity contribution in [2.75, 3.05) is 6.54 Å². The van der Waals surface area contributed by atoms with Crippen molar-refractivity contribution < 1.29 is 4.79 Å². The van der Waals surface area contributed by atoms with Crippen LogP contribution in [0.25, 0.3) is 0 Å². The first kappa shape index (κ1) is 17.5. The molecule has 0 aliphatic carbocycles. The standard InChI is InChI=1S/C17H34N2O/c1-5-8-9-10-11-12-14-19-15(13-6-2)18-17(4,7-3)16(19)20/h15,18H,5-14H2,1-4H3. The maximum absolute atomic E-state index is 12.6. The SMILES string of the molecule is CCCCCCCCN1C(=O)C(C)(CC)NC1CCC. The third-order valence-electron chi connectivity index (χ3n) is 4.62. The minimum absolute atomic E-state index is 0.257. The maximum Gasteiger partial charge on any atom is 0.243 e. The van der Waals surface area contributed by atoms with Crippen molar-refractivity contribution in [1.29, 1.82) is 0 Å². The average molecular weight is 282 g/mol. The third kappa shape index (κ3) is 4.47. The van der Waals surface area contributed by atoms with Gasteiger partial charge in [0, 0.05) is 6.54 Å². The average Bonchev–Trinajstić information content (AvgIpc) is 2.68. The van der Waals surface area contributed by atoms with E-state index in [4.69, 9.17) is 0 Å².